The normalized spacial score (nSPS) is 15.3. The Kier molecular flexibility index (Phi) is 6.99. The summed E-state index contributed by atoms with van der Waals surface area (Å²) in [4.78, 5) is 13.3. The second-order valence-electron chi connectivity index (χ2n) is 7.69. The van der Waals surface area contributed by atoms with Gasteiger partial charge in [-0.25, -0.2) is 13.1 Å². The Hall–Kier alpha value is -3.31. The van der Waals surface area contributed by atoms with E-state index in [1.807, 2.05) is 30.3 Å². The number of amides is 1. The Labute approximate surface area is 192 Å². The smallest absolute Gasteiger partial charge is 0.249 e. The Bertz CT molecular complexity index is 1180. The summed E-state index contributed by atoms with van der Waals surface area (Å²) in [5.74, 6) is -0.0939. The number of benzene rings is 2. The molecule has 1 aliphatic heterocycles. The Morgan fingerprint density at radius 2 is 1.91 bits per heavy atom. The van der Waals surface area contributed by atoms with E-state index in [0.29, 0.717) is 31.8 Å². The molecular formula is C22H26N6O4S. The van der Waals surface area contributed by atoms with Gasteiger partial charge >= 0.3 is 0 Å². The maximum absolute atomic E-state index is 13.2. The van der Waals surface area contributed by atoms with Gasteiger partial charge in [0.1, 0.15) is 23.0 Å². The van der Waals surface area contributed by atoms with Crippen LogP contribution >= 0.6 is 0 Å². The van der Waals surface area contributed by atoms with Crippen molar-refractivity contribution >= 4 is 21.6 Å². The van der Waals surface area contributed by atoms with Crippen LogP contribution in [0.1, 0.15) is 31.4 Å². The van der Waals surface area contributed by atoms with Gasteiger partial charge in [0.25, 0.3) is 0 Å². The van der Waals surface area contributed by atoms with E-state index < -0.39 is 16.1 Å². The van der Waals surface area contributed by atoms with Crippen LogP contribution in [0, 0.1) is 0 Å². The van der Waals surface area contributed by atoms with Crippen molar-refractivity contribution in [2.24, 2.45) is 0 Å². The summed E-state index contributed by atoms with van der Waals surface area (Å²) < 4.78 is 34.9. The van der Waals surface area contributed by atoms with Gasteiger partial charge in [0, 0.05) is 25.2 Å². The van der Waals surface area contributed by atoms with Gasteiger partial charge in [-0.1, -0.05) is 30.3 Å². The number of rotatable bonds is 9. The van der Waals surface area contributed by atoms with E-state index in [2.05, 4.69) is 20.8 Å². The molecule has 0 spiro atoms. The van der Waals surface area contributed by atoms with Crippen LogP contribution < -0.4 is 10.1 Å². The highest BCUT2D eigenvalue weighted by Crippen LogP contribution is 2.32. The highest BCUT2D eigenvalue weighted by molar-refractivity contribution is 7.89. The van der Waals surface area contributed by atoms with E-state index in [9.17, 15) is 13.2 Å². The molecule has 1 amide bonds. The van der Waals surface area contributed by atoms with Gasteiger partial charge in [-0.05, 0) is 54.0 Å². The van der Waals surface area contributed by atoms with Crippen LogP contribution in [-0.2, 0) is 21.2 Å². The number of hydrogen-bond acceptors (Lipinski definition) is 7. The number of nitrogens with one attached hydrogen (secondary N) is 1. The van der Waals surface area contributed by atoms with Gasteiger partial charge in [0.05, 0.1) is 6.61 Å². The molecule has 1 aromatic heterocycles. The fraction of sp³-hybridized carbons (Fsp3) is 0.364. The largest absolute Gasteiger partial charge is 0.492 e. The zero-order chi connectivity index (χ0) is 23.3. The van der Waals surface area contributed by atoms with Gasteiger partial charge in [-0.2, -0.15) is 4.31 Å². The first-order valence-electron chi connectivity index (χ1n) is 10.8. The monoisotopic (exact) mass is 470 g/mol. The van der Waals surface area contributed by atoms with Gasteiger partial charge in [0.2, 0.25) is 15.9 Å². The van der Waals surface area contributed by atoms with Crippen LogP contribution in [0.2, 0.25) is 0 Å². The molecule has 3 aromatic rings. The molecule has 1 unspecified atom stereocenters. The standard InChI is InChI=1S/C22H26N6O4S/c1-2-32-20-11-10-18(15-21(20)33(30,31)27-12-6-7-13-27)24-22(29)19(28-16-23-25-26-28)14-17-8-4-3-5-9-17/h3-5,8-11,15-16,19H,2,6-7,12-14H2,1H3,(H,24,29). The SMILES string of the molecule is CCOc1ccc(NC(=O)C(Cc2ccccc2)n2cnnn2)cc1S(=O)(=O)N1CCCC1. The molecule has 2 heterocycles. The number of hydrogen-bond donors (Lipinski definition) is 1. The summed E-state index contributed by atoms with van der Waals surface area (Å²) in [5.41, 5.74) is 1.30. The molecule has 33 heavy (non-hydrogen) atoms. The van der Waals surface area contributed by atoms with Crippen molar-refractivity contribution in [2.75, 3.05) is 25.0 Å². The van der Waals surface area contributed by atoms with Crippen molar-refractivity contribution in [1.29, 1.82) is 0 Å². The third kappa shape index (κ3) is 5.20. The van der Waals surface area contributed by atoms with Crippen molar-refractivity contribution in [3.8, 4) is 5.75 Å². The zero-order valence-electron chi connectivity index (χ0n) is 18.3. The van der Waals surface area contributed by atoms with Crippen LogP contribution in [-0.4, -0.2) is 58.5 Å². The van der Waals surface area contributed by atoms with Gasteiger partial charge in [-0.3, -0.25) is 4.79 Å². The number of sulfonamides is 1. The molecule has 0 bridgehead atoms. The molecule has 1 fully saturated rings. The van der Waals surface area contributed by atoms with Crippen LogP contribution in [0.25, 0.3) is 0 Å². The van der Waals surface area contributed by atoms with E-state index in [4.69, 9.17) is 4.74 Å². The Morgan fingerprint density at radius 1 is 1.15 bits per heavy atom. The topological polar surface area (TPSA) is 119 Å². The van der Waals surface area contributed by atoms with Crippen molar-refractivity contribution in [3.05, 3.63) is 60.4 Å². The molecule has 0 radical (unpaired) electrons. The third-order valence-electron chi connectivity index (χ3n) is 5.45. The minimum Gasteiger partial charge on any atom is -0.492 e. The molecule has 1 N–H and O–H groups in total. The van der Waals surface area contributed by atoms with Crippen LogP contribution in [0.5, 0.6) is 5.75 Å². The molecule has 174 valence electrons. The molecule has 0 aliphatic carbocycles. The molecule has 1 aliphatic rings. The number of nitrogens with zero attached hydrogens (tertiary/aromatic N) is 5. The summed E-state index contributed by atoms with van der Waals surface area (Å²) >= 11 is 0. The fourth-order valence-corrected chi connectivity index (χ4v) is 5.48. The highest BCUT2D eigenvalue weighted by Gasteiger charge is 2.31. The predicted octanol–water partition coefficient (Wildman–Crippen LogP) is 2.28. The lowest BCUT2D eigenvalue weighted by Crippen LogP contribution is -2.29. The summed E-state index contributed by atoms with van der Waals surface area (Å²) in [6, 6.07) is 13.5. The maximum Gasteiger partial charge on any atom is 0.249 e. The lowest BCUT2D eigenvalue weighted by Gasteiger charge is -2.20. The van der Waals surface area contributed by atoms with Gasteiger partial charge < -0.3 is 10.1 Å². The molecule has 10 nitrogen and oxygen atoms in total. The second kappa shape index (κ2) is 10.1. The number of ether oxygens (including phenoxy) is 1. The Balaban J connectivity index is 1.62. The number of tetrazole rings is 1. The first-order valence-corrected chi connectivity index (χ1v) is 12.3. The van der Waals surface area contributed by atoms with E-state index in [1.165, 1.54) is 21.4 Å². The predicted molar refractivity (Wildman–Crippen MR) is 121 cm³/mol. The Morgan fingerprint density at radius 3 is 2.58 bits per heavy atom. The molecule has 0 saturated carbocycles. The lowest BCUT2D eigenvalue weighted by atomic mass is 10.1. The minimum absolute atomic E-state index is 0.0473. The molecule has 2 aromatic carbocycles. The number of carbonyl (C=O) groups excluding carboxylic acids is 1. The van der Waals surface area contributed by atoms with E-state index in [0.717, 1.165) is 18.4 Å². The number of carbonyl (C=O) groups is 1. The van der Waals surface area contributed by atoms with Crippen molar-refractivity contribution in [1.82, 2.24) is 24.5 Å². The summed E-state index contributed by atoms with van der Waals surface area (Å²) in [6.45, 7) is 3.07. The average Bonchev–Trinajstić information content (AvgIpc) is 3.54. The maximum atomic E-state index is 13.2. The molecule has 4 rings (SSSR count). The number of anilines is 1. The molecule has 1 saturated heterocycles. The first kappa shape index (κ1) is 22.9. The first-order chi connectivity index (χ1) is 16.0. The van der Waals surface area contributed by atoms with E-state index in [1.54, 1.807) is 19.1 Å². The fourth-order valence-electron chi connectivity index (χ4n) is 3.81. The summed E-state index contributed by atoms with van der Waals surface area (Å²) in [7, 11) is -3.74. The van der Waals surface area contributed by atoms with Crippen molar-refractivity contribution in [2.45, 2.75) is 37.1 Å². The van der Waals surface area contributed by atoms with E-state index in [-0.39, 0.29) is 16.6 Å². The zero-order valence-corrected chi connectivity index (χ0v) is 19.1. The summed E-state index contributed by atoms with van der Waals surface area (Å²) in [5, 5.41) is 14.0. The number of aromatic nitrogens is 4. The van der Waals surface area contributed by atoms with Crippen molar-refractivity contribution < 1.29 is 17.9 Å². The van der Waals surface area contributed by atoms with Gasteiger partial charge in [0.15, 0.2) is 0 Å². The van der Waals surface area contributed by atoms with Crippen molar-refractivity contribution in [3.63, 3.8) is 0 Å². The van der Waals surface area contributed by atoms with E-state index >= 15 is 0 Å². The van der Waals surface area contributed by atoms with Crippen LogP contribution in [0.3, 0.4) is 0 Å². The van der Waals surface area contributed by atoms with Crippen LogP contribution in [0.4, 0.5) is 5.69 Å². The molecule has 11 heteroatoms. The summed E-state index contributed by atoms with van der Waals surface area (Å²) in [6.07, 6.45) is 3.40. The highest BCUT2D eigenvalue weighted by atomic mass is 32.2. The molecule has 1 atom stereocenters. The average molecular weight is 471 g/mol. The lowest BCUT2D eigenvalue weighted by molar-refractivity contribution is -0.119. The third-order valence-corrected chi connectivity index (χ3v) is 7.37. The second-order valence-corrected chi connectivity index (χ2v) is 9.60. The minimum atomic E-state index is -3.74. The van der Waals surface area contributed by atoms with Gasteiger partial charge in [-0.15, -0.1) is 5.10 Å². The quantitative estimate of drug-likeness (QED) is 0.509. The molecular weight excluding hydrogens is 444 g/mol. The van der Waals surface area contributed by atoms with Crippen LogP contribution in [0.15, 0.2) is 59.8 Å².